The van der Waals surface area contributed by atoms with Crippen LogP contribution in [-0.2, 0) is 9.59 Å². The van der Waals surface area contributed by atoms with Crippen molar-refractivity contribution in [3.63, 3.8) is 0 Å². The number of hydrogen-bond acceptors (Lipinski definition) is 7. The predicted molar refractivity (Wildman–Crippen MR) is 126 cm³/mol. The van der Waals surface area contributed by atoms with E-state index < -0.39 is 23.6 Å². The number of imide groups is 1. The van der Waals surface area contributed by atoms with Crippen molar-refractivity contribution in [3.05, 3.63) is 57.5 Å². The van der Waals surface area contributed by atoms with Gasteiger partial charge in [0.05, 0.1) is 11.5 Å². The first-order chi connectivity index (χ1) is 15.8. The fourth-order valence-electron chi connectivity index (χ4n) is 2.96. The fraction of sp³-hybridized carbons (Fsp3) is 0.217. The Labute approximate surface area is 200 Å². The molecule has 0 aromatic heterocycles. The predicted octanol–water partition coefficient (Wildman–Crippen LogP) is 4.62. The minimum absolute atomic E-state index is 0.130. The Balaban J connectivity index is 1.74. The van der Waals surface area contributed by atoms with Crippen LogP contribution < -0.4 is 14.8 Å². The number of halogens is 1. The van der Waals surface area contributed by atoms with Crippen molar-refractivity contribution in [2.75, 3.05) is 25.1 Å². The van der Waals surface area contributed by atoms with Gasteiger partial charge in [-0.15, -0.1) is 0 Å². The van der Waals surface area contributed by atoms with Gasteiger partial charge in [0.25, 0.3) is 11.1 Å². The molecular weight excluding hydrogens is 466 g/mol. The average Bonchev–Trinajstić information content (AvgIpc) is 3.03. The first kappa shape index (κ1) is 24.2. The summed E-state index contributed by atoms with van der Waals surface area (Å²) in [7, 11) is 0. The number of hydrogen-bond donors (Lipinski definition) is 1. The zero-order valence-electron chi connectivity index (χ0n) is 17.9. The van der Waals surface area contributed by atoms with Crippen molar-refractivity contribution in [1.82, 2.24) is 4.90 Å². The molecule has 0 radical (unpaired) electrons. The maximum Gasteiger partial charge on any atom is 0.294 e. The quantitative estimate of drug-likeness (QED) is 0.543. The van der Waals surface area contributed by atoms with Crippen LogP contribution in [0.2, 0.25) is 5.02 Å². The number of amides is 3. The van der Waals surface area contributed by atoms with Crippen molar-refractivity contribution >= 4 is 52.2 Å². The third-order valence-electron chi connectivity index (χ3n) is 4.51. The minimum Gasteiger partial charge on any atom is -0.490 e. The second-order valence-electron chi connectivity index (χ2n) is 6.86. The number of carbonyl (C=O) groups is 3. The third kappa shape index (κ3) is 6.06. The molecule has 3 rings (SSSR count). The van der Waals surface area contributed by atoms with Gasteiger partial charge in [-0.1, -0.05) is 23.7 Å². The maximum absolute atomic E-state index is 12.8. The van der Waals surface area contributed by atoms with Gasteiger partial charge in [0.15, 0.2) is 18.1 Å². The van der Waals surface area contributed by atoms with E-state index in [9.17, 15) is 14.4 Å². The number of aryl methyl sites for hydroxylation is 1. The van der Waals surface area contributed by atoms with E-state index in [4.69, 9.17) is 26.3 Å². The highest BCUT2D eigenvalue weighted by Crippen LogP contribution is 2.34. The molecule has 10 heteroatoms. The topological polar surface area (TPSA) is 109 Å². The van der Waals surface area contributed by atoms with Crippen molar-refractivity contribution < 1.29 is 23.9 Å². The summed E-state index contributed by atoms with van der Waals surface area (Å²) in [5.74, 6) is -0.263. The summed E-state index contributed by atoms with van der Waals surface area (Å²) in [5.41, 5.74) is 1.92. The minimum atomic E-state index is -0.564. The smallest absolute Gasteiger partial charge is 0.294 e. The second-order valence-corrected chi connectivity index (χ2v) is 8.29. The lowest BCUT2D eigenvalue weighted by molar-refractivity contribution is -0.127. The summed E-state index contributed by atoms with van der Waals surface area (Å²) in [6.45, 7) is 3.45. The van der Waals surface area contributed by atoms with Gasteiger partial charge >= 0.3 is 0 Å². The zero-order valence-corrected chi connectivity index (χ0v) is 19.5. The highest BCUT2D eigenvalue weighted by atomic mass is 35.5. The summed E-state index contributed by atoms with van der Waals surface area (Å²) in [4.78, 5) is 38.7. The van der Waals surface area contributed by atoms with Gasteiger partial charge in [-0.2, -0.15) is 5.26 Å². The molecule has 0 atom stereocenters. The Morgan fingerprint density at radius 1 is 1.21 bits per heavy atom. The lowest BCUT2D eigenvalue weighted by Crippen LogP contribution is -2.36. The van der Waals surface area contributed by atoms with E-state index in [2.05, 4.69) is 5.32 Å². The number of anilines is 1. The summed E-state index contributed by atoms with van der Waals surface area (Å²) in [5, 5.41) is 11.3. The Bertz CT molecular complexity index is 1180. The maximum atomic E-state index is 12.8. The van der Waals surface area contributed by atoms with E-state index in [1.54, 1.807) is 42.5 Å². The molecule has 2 aromatic carbocycles. The van der Waals surface area contributed by atoms with Gasteiger partial charge in [-0.05, 0) is 67.1 Å². The van der Waals surface area contributed by atoms with Crippen LogP contribution in [0.25, 0.3) is 6.08 Å². The van der Waals surface area contributed by atoms with Crippen molar-refractivity contribution in [3.8, 4) is 17.6 Å². The Hall–Kier alpha value is -3.48. The van der Waals surface area contributed by atoms with E-state index in [0.29, 0.717) is 34.4 Å². The molecule has 3 amide bonds. The third-order valence-corrected chi connectivity index (χ3v) is 5.65. The molecule has 33 heavy (non-hydrogen) atoms. The average molecular weight is 486 g/mol. The molecule has 170 valence electrons. The van der Waals surface area contributed by atoms with Gasteiger partial charge in [0, 0.05) is 10.7 Å². The van der Waals surface area contributed by atoms with Crippen LogP contribution in [0.5, 0.6) is 11.5 Å². The number of nitriles is 1. The van der Waals surface area contributed by atoms with Gasteiger partial charge < -0.3 is 14.8 Å². The lowest BCUT2D eigenvalue weighted by Gasteiger charge is -2.14. The summed E-state index contributed by atoms with van der Waals surface area (Å²) >= 11 is 6.72. The molecule has 1 heterocycles. The van der Waals surface area contributed by atoms with Crippen LogP contribution >= 0.6 is 23.4 Å². The van der Waals surface area contributed by atoms with Crippen LogP contribution in [0.15, 0.2) is 41.3 Å². The number of carbonyl (C=O) groups excluding carboxylic acids is 3. The van der Waals surface area contributed by atoms with Gasteiger partial charge in [-0.3, -0.25) is 19.3 Å². The summed E-state index contributed by atoms with van der Waals surface area (Å²) in [6.07, 6.45) is 1.54. The largest absolute Gasteiger partial charge is 0.490 e. The summed E-state index contributed by atoms with van der Waals surface area (Å²) < 4.78 is 10.9. The number of ether oxygens (including phenoxy) is 2. The number of nitrogens with zero attached hydrogens (tertiary/aromatic N) is 2. The van der Waals surface area contributed by atoms with Crippen LogP contribution in [0, 0.1) is 18.3 Å². The van der Waals surface area contributed by atoms with E-state index in [-0.39, 0.29) is 11.5 Å². The molecule has 1 aliphatic heterocycles. The molecule has 8 nitrogen and oxygen atoms in total. The molecule has 1 fully saturated rings. The van der Waals surface area contributed by atoms with Crippen LogP contribution in [0.1, 0.15) is 18.1 Å². The molecule has 1 N–H and O–H groups in total. The van der Waals surface area contributed by atoms with Crippen LogP contribution in [0.3, 0.4) is 0 Å². The molecule has 0 bridgehead atoms. The van der Waals surface area contributed by atoms with Crippen LogP contribution in [0.4, 0.5) is 10.5 Å². The van der Waals surface area contributed by atoms with Crippen molar-refractivity contribution in [2.24, 2.45) is 0 Å². The first-order valence-electron chi connectivity index (χ1n) is 9.90. The number of nitrogens with one attached hydrogen (secondary N) is 1. The van der Waals surface area contributed by atoms with Gasteiger partial charge in [-0.25, -0.2) is 0 Å². The Morgan fingerprint density at radius 2 is 2.00 bits per heavy atom. The zero-order chi connectivity index (χ0) is 24.0. The summed E-state index contributed by atoms with van der Waals surface area (Å²) in [6, 6.07) is 11.9. The van der Waals surface area contributed by atoms with E-state index >= 15 is 0 Å². The molecule has 0 spiro atoms. The van der Waals surface area contributed by atoms with Crippen molar-refractivity contribution in [2.45, 2.75) is 13.8 Å². The number of thioether (sulfide) groups is 1. The Kier molecular flexibility index (Phi) is 7.98. The van der Waals surface area contributed by atoms with Gasteiger partial charge in [0.2, 0.25) is 5.91 Å². The highest BCUT2D eigenvalue weighted by molar-refractivity contribution is 8.18. The molecule has 1 aliphatic rings. The molecular formula is C23H20ClN3O5S. The molecule has 2 aromatic rings. The number of benzene rings is 2. The van der Waals surface area contributed by atoms with Crippen LogP contribution in [-0.4, -0.2) is 41.7 Å². The van der Waals surface area contributed by atoms with Crippen molar-refractivity contribution in [1.29, 1.82) is 5.26 Å². The molecule has 0 unspecified atom stereocenters. The Morgan fingerprint density at radius 3 is 2.73 bits per heavy atom. The monoisotopic (exact) mass is 485 g/mol. The SMILES string of the molecule is CCOc1cc(/C=C2\SC(=O)N(CC(=O)Nc3cc(Cl)ccc3C)C2=O)ccc1OCC#N. The highest BCUT2D eigenvalue weighted by Gasteiger charge is 2.36. The molecule has 1 saturated heterocycles. The normalized spacial score (nSPS) is 14.4. The fourth-order valence-corrected chi connectivity index (χ4v) is 3.97. The lowest BCUT2D eigenvalue weighted by atomic mass is 10.2. The number of rotatable bonds is 8. The molecule has 0 aliphatic carbocycles. The second kappa shape index (κ2) is 10.9. The van der Waals surface area contributed by atoms with E-state index in [1.807, 2.05) is 19.9 Å². The van der Waals surface area contributed by atoms with Gasteiger partial charge in [0.1, 0.15) is 12.6 Å². The first-order valence-corrected chi connectivity index (χ1v) is 11.1. The van der Waals surface area contributed by atoms with E-state index in [1.165, 1.54) is 0 Å². The molecule has 0 saturated carbocycles. The van der Waals surface area contributed by atoms with E-state index in [0.717, 1.165) is 22.2 Å². The standard InChI is InChI=1S/C23H20ClN3O5S/c1-3-31-19-10-15(5-7-18(19)32-9-8-25)11-20-22(29)27(23(30)33-20)13-21(28)26-17-12-16(24)6-4-14(17)2/h4-7,10-12H,3,9,13H2,1-2H3,(H,26,28)/b20-11-.